The van der Waals surface area contributed by atoms with Crippen molar-refractivity contribution in [1.82, 2.24) is 0 Å². The summed E-state index contributed by atoms with van der Waals surface area (Å²) in [4.78, 5) is 0. The normalized spacial score (nSPS) is 11.3. The Hall–Kier alpha value is -0.430. The fraction of sp³-hybridized carbons (Fsp3) is 0.250. The molecule has 1 unspecified atom stereocenters. The quantitative estimate of drug-likeness (QED) is 0.706. The van der Waals surface area contributed by atoms with Gasteiger partial charge in [0.1, 0.15) is 6.61 Å². The van der Waals surface area contributed by atoms with Gasteiger partial charge in [-0.3, -0.25) is 0 Å². The molecule has 0 saturated carbocycles. The van der Waals surface area contributed by atoms with Crippen molar-refractivity contribution in [3.05, 3.63) is 29.3 Å². The van der Waals surface area contributed by atoms with E-state index >= 15 is 0 Å². The van der Waals surface area contributed by atoms with Gasteiger partial charge in [-0.25, -0.2) is 0 Å². The van der Waals surface area contributed by atoms with Gasteiger partial charge in [0, 0.05) is 5.02 Å². The van der Waals surface area contributed by atoms with Crippen LogP contribution >= 0.6 is 19.6 Å². The second-order valence-corrected chi connectivity index (χ2v) is 3.88. The molecular weight excluding hydrogens is 195 g/mol. The lowest BCUT2D eigenvalue weighted by atomic mass is 10.4. The van der Waals surface area contributed by atoms with Gasteiger partial charge >= 0.3 is 8.03 Å². The Kier molecular flexibility index (Phi) is 3.67. The number of halogens is 1. The van der Waals surface area contributed by atoms with Gasteiger partial charge in [-0.1, -0.05) is 11.6 Å². The van der Waals surface area contributed by atoms with E-state index in [0.717, 1.165) is 0 Å². The average Bonchev–Trinajstić information content (AvgIpc) is 2.06. The maximum atomic E-state index is 11.2. The summed E-state index contributed by atoms with van der Waals surface area (Å²) >= 11 is 5.66. The van der Waals surface area contributed by atoms with Crippen molar-refractivity contribution < 1.29 is 9.09 Å². The van der Waals surface area contributed by atoms with Gasteiger partial charge in [0.05, 0.1) is 0 Å². The molecule has 0 saturated heterocycles. The van der Waals surface area contributed by atoms with E-state index in [0.29, 0.717) is 16.9 Å². The Labute approximate surface area is 77.4 Å². The first-order valence-electron chi connectivity index (χ1n) is 3.59. The Balaban J connectivity index is 2.75. The number of rotatable bonds is 3. The van der Waals surface area contributed by atoms with Gasteiger partial charge in [-0.2, -0.15) is 0 Å². The standard InChI is InChI=1S/C8H9ClO2P/c1-2-11-12(10)8-5-3-7(9)4-6-8/h3-6H,2H2,1H3/q+1. The molecule has 2 nitrogen and oxygen atoms in total. The third kappa shape index (κ3) is 2.56. The molecule has 0 spiro atoms. The molecule has 0 aliphatic carbocycles. The lowest BCUT2D eigenvalue weighted by Gasteiger charge is -1.87. The van der Waals surface area contributed by atoms with Crippen molar-refractivity contribution in [3.63, 3.8) is 0 Å². The number of hydrogen-bond donors (Lipinski definition) is 0. The van der Waals surface area contributed by atoms with Gasteiger partial charge in [0.25, 0.3) is 0 Å². The molecule has 1 aromatic carbocycles. The smallest absolute Gasteiger partial charge is 0.142 e. The van der Waals surface area contributed by atoms with Gasteiger partial charge in [-0.05, 0) is 35.8 Å². The molecule has 0 N–H and O–H groups in total. The van der Waals surface area contributed by atoms with Crippen LogP contribution in [0.4, 0.5) is 0 Å². The van der Waals surface area contributed by atoms with Crippen LogP contribution in [0.25, 0.3) is 0 Å². The molecule has 0 radical (unpaired) electrons. The maximum absolute atomic E-state index is 11.2. The first kappa shape index (κ1) is 9.66. The Morgan fingerprint density at radius 1 is 1.42 bits per heavy atom. The summed E-state index contributed by atoms with van der Waals surface area (Å²) < 4.78 is 16.2. The minimum atomic E-state index is -1.70. The lowest BCUT2D eigenvalue weighted by molar-refractivity contribution is 0.357. The molecule has 12 heavy (non-hydrogen) atoms. The molecule has 4 heteroatoms. The van der Waals surface area contributed by atoms with E-state index in [9.17, 15) is 4.57 Å². The van der Waals surface area contributed by atoms with Gasteiger partial charge in [-0.15, -0.1) is 4.52 Å². The lowest BCUT2D eigenvalue weighted by Crippen LogP contribution is -1.96. The topological polar surface area (TPSA) is 26.3 Å². The van der Waals surface area contributed by atoms with E-state index in [1.807, 2.05) is 6.92 Å². The van der Waals surface area contributed by atoms with Crippen molar-refractivity contribution in [3.8, 4) is 0 Å². The molecular formula is C8H9ClO2P+. The van der Waals surface area contributed by atoms with Crippen LogP contribution in [-0.2, 0) is 9.09 Å². The highest BCUT2D eigenvalue weighted by atomic mass is 35.5. The van der Waals surface area contributed by atoms with E-state index in [1.165, 1.54) is 0 Å². The molecule has 0 aromatic heterocycles. The predicted octanol–water partition coefficient (Wildman–Crippen LogP) is 2.74. The first-order valence-corrected chi connectivity index (χ1v) is 5.15. The fourth-order valence-corrected chi connectivity index (χ4v) is 1.66. The molecule has 0 aliphatic rings. The van der Waals surface area contributed by atoms with Crippen molar-refractivity contribution in [2.45, 2.75) is 6.92 Å². The van der Waals surface area contributed by atoms with Gasteiger partial charge in [0.2, 0.25) is 5.30 Å². The summed E-state index contributed by atoms with van der Waals surface area (Å²) in [6.07, 6.45) is 0. The first-order chi connectivity index (χ1) is 5.74. The predicted molar refractivity (Wildman–Crippen MR) is 50.3 cm³/mol. The minimum absolute atomic E-state index is 0.456. The second kappa shape index (κ2) is 4.56. The van der Waals surface area contributed by atoms with Crippen LogP contribution in [0.5, 0.6) is 0 Å². The third-order valence-electron chi connectivity index (χ3n) is 1.28. The maximum Gasteiger partial charge on any atom is 0.548 e. The molecule has 0 bridgehead atoms. The molecule has 0 aliphatic heterocycles. The SMILES string of the molecule is CCO[P+](=O)c1ccc(Cl)cc1. The highest BCUT2D eigenvalue weighted by Crippen LogP contribution is 2.21. The highest BCUT2D eigenvalue weighted by Gasteiger charge is 2.20. The van der Waals surface area contributed by atoms with Crippen LogP contribution in [0.1, 0.15) is 6.92 Å². The molecule has 1 aromatic rings. The third-order valence-corrected chi connectivity index (χ3v) is 2.75. The van der Waals surface area contributed by atoms with E-state index < -0.39 is 8.03 Å². The van der Waals surface area contributed by atoms with Crippen LogP contribution in [-0.4, -0.2) is 6.61 Å². The number of hydrogen-bond acceptors (Lipinski definition) is 2. The van der Waals surface area contributed by atoms with E-state index in [-0.39, 0.29) is 0 Å². The van der Waals surface area contributed by atoms with Crippen molar-refractivity contribution >= 4 is 24.9 Å². The van der Waals surface area contributed by atoms with Gasteiger partial charge in [0.15, 0.2) is 0 Å². The summed E-state index contributed by atoms with van der Waals surface area (Å²) in [7, 11) is -1.70. The second-order valence-electron chi connectivity index (χ2n) is 2.15. The largest absolute Gasteiger partial charge is 0.548 e. The van der Waals surface area contributed by atoms with Crippen LogP contribution in [0.2, 0.25) is 5.02 Å². The summed E-state index contributed by atoms with van der Waals surface area (Å²) in [6, 6.07) is 6.81. The molecule has 1 rings (SSSR count). The summed E-state index contributed by atoms with van der Waals surface area (Å²) in [5, 5.41) is 1.31. The van der Waals surface area contributed by atoms with Crippen LogP contribution in [0.15, 0.2) is 24.3 Å². The van der Waals surface area contributed by atoms with Crippen LogP contribution < -0.4 is 5.30 Å². The summed E-state index contributed by atoms with van der Waals surface area (Å²) in [6.45, 7) is 2.26. The molecule has 1 atom stereocenters. The van der Waals surface area contributed by atoms with E-state index in [2.05, 4.69) is 0 Å². The van der Waals surface area contributed by atoms with E-state index in [4.69, 9.17) is 16.1 Å². The van der Waals surface area contributed by atoms with Crippen molar-refractivity contribution in [1.29, 1.82) is 0 Å². The molecule has 0 fully saturated rings. The highest BCUT2D eigenvalue weighted by molar-refractivity contribution is 7.48. The van der Waals surface area contributed by atoms with Crippen LogP contribution in [0.3, 0.4) is 0 Å². The van der Waals surface area contributed by atoms with Crippen LogP contribution in [0, 0.1) is 0 Å². The average molecular weight is 204 g/mol. The van der Waals surface area contributed by atoms with Crippen molar-refractivity contribution in [2.75, 3.05) is 6.61 Å². The fourth-order valence-electron chi connectivity index (χ4n) is 0.755. The molecule has 0 heterocycles. The zero-order chi connectivity index (χ0) is 8.97. The minimum Gasteiger partial charge on any atom is -0.142 e. The molecule has 0 amide bonds. The zero-order valence-corrected chi connectivity index (χ0v) is 8.31. The monoisotopic (exact) mass is 203 g/mol. The Bertz CT molecular complexity index is 271. The number of benzene rings is 1. The zero-order valence-electron chi connectivity index (χ0n) is 6.66. The van der Waals surface area contributed by atoms with Gasteiger partial charge < -0.3 is 0 Å². The molecule has 64 valence electrons. The summed E-state index contributed by atoms with van der Waals surface area (Å²) in [5.41, 5.74) is 0. The van der Waals surface area contributed by atoms with E-state index in [1.54, 1.807) is 24.3 Å². The summed E-state index contributed by atoms with van der Waals surface area (Å²) in [5.74, 6) is 0. The van der Waals surface area contributed by atoms with Crippen molar-refractivity contribution in [2.24, 2.45) is 0 Å². The Morgan fingerprint density at radius 2 is 2.00 bits per heavy atom. The Morgan fingerprint density at radius 3 is 2.50 bits per heavy atom.